The predicted octanol–water partition coefficient (Wildman–Crippen LogP) is -0.0171. The van der Waals surface area contributed by atoms with Gasteiger partial charge in [-0.05, 0) is 13.8 Å². The van der Waals surface area contributed by atoms with Gasteiger partial charge in [0.15, 0.2) is 5.54 Å². The average molecular weight is 311 g/mol. The summed E-state index contributed by atoms with van der Waals surface area (Å²) >= 11 is 0. The second-order valence-corrected chi connectivity index (χ2v) is 6.52. The summed E-state index contributed by atoms with van der Waals surface area (Å²) in [6.45, 7) is 3.40. The van der Waals surface area contributed by atoms with Crippen LogP contribution in [-0.2, 0) is 18.9 Å². The molecule has 0 rings (SSSR count). The lowest BCUT2D eigenvalue weighted by Crippen LogP contribution is -2.54. The van der Waals surface area contributed by atoms with Crippen molar-refractivity contribution in [2.45, 2.75) is 44.8 Å². The number of carboxylic acids is 1. The molecule has 0 aliphatic rings. The molecular weight excluding hydrogens is 293 g/mol. The van der Waals surface area contributed by atoms with Crippen LogP contribution in [-0.4, -0.2) is 54.0 Å². The zero-order valence-corrected chi connectivity index (χ0v) is 12.2. The van der Waals surface area contributed by atoms with Gasteiger partial charge in [-0.15, -0.1) is 0 Å². The van der Waals surface area contributed by atoms with Gasteiger partial charge in [-0.1, -0.05) is 6.92 Å². The quantitative estimate of drug-likeness (QED) is 0.291. The highest BCUT2D eigenvalue weighted by molar-refractivity contribution is 7.53. The zero-order valence-electron chi connectivity index (χ0n) is 11.3. The van der Waals surface area contributed by atoms with E-state index in [1.165, 1.54) is 6.92 Å². The minimum atomic E-state index is -5.02. The van der Waals surface area contributed by atoms with Crippen LogP contribution in [0.25, 0.3) is 0 Å². The molecule has 0 heterocycles. The number of carbonyl (C=O) groups excluding carboxylic acids is 2. The van der Waals surface area contributed by atoms with Crippen LogP contribution in [0.1, 0.15) is 33.6 Å². The van der Waals surface area contributed by atoms with E-state index in [1.54, 1.807) is 0 Å². The van der Waals surface area contributed by atoms with Crippen molar-refractivity contribution < 1.29 is 39.0 Å². The zero-order chi connectivity index (χ0) is 16.3. The number of hydrogen-bond acceptors (Lipinski definition) is 5. The van der Waals surface area contributed by atoms with E-state index < -0.39 is 42.9 Å². The number of Topliss-reactive ketones (excluding diaryl/α,β-unsaturated/α-hetero) is 1. The molecule has 0 aliphatic carbocycles. The van der Waals surface area contributed by atoms with E-state index in [-0.39, 0.29) is 11.5 Å². The lowest BCUT2D eigenvalue weighted by Gasteiger charge is -2.31. The third-order valence-electron chi connectivity index (χ3n) is 2.77. The molecular formula is C10H18NO8P. The number of carbonyl (C=O) groups is 3. The molecule has 0 saturated carbocycles. The first-order valence-electron chi connectivity index (χ1n) is 5.69. The van der Waals surface area contributed by atoms with Crippen LogP contribution in [0.15, 0.2) is 0 Å². The van der Waals surface area contributed by atoms with E-state index >= 15 is 0 Å². The van der Waals surface area contributed by atoms with Crippen molar-refractivity contribution in [3.8, 4) is 0 Å². The molecule has 4 N–H and O–H groups in total. The van der Waals surface area contributed by atoms with Gasteiger partial charge in [-0.2, -0.15) is 0 Å². The molecule has 10 heteroatoms. The summed E-state index contributed by atoms with van der Waals surface area (Å²) in [6.07, 6.45) is -0.816. The summed E-state index contributed by atoms with van der Waals surface area (Å²) in [4.78, 5) is 52.2. The van der Waals surface area contributed by atoms with Crippen LogP contribution in [0.4, 0.5) is 0 Å². The first-order valence-corrected chi connectivity index (χ1v) is 7.37. The molecule has 20 heavy (non-hydrogen) atoms. The van der Waals surface area contributed by atoms with Gasteiger partial charge in [-0.3, -0.25) is 19.4 Å². The molecule has 116 valence electrons. The predicted molar refractivity (Wildman–Crippen MR) is 66.1 cm³/mol. The summed E-state index contributed by atoms with van der Waals surface area (Å²) in [6, 6.07) is 0. The number of carboxylic acid groups (broad SMARTS) is 1. The van der Waals surface area contributed by atoms with E-state index in [9.17, 15) is 24.2 Å². The van der Waals surface area contributed by atoms with Crippen molar-refractivity contribution in [2.75, 3.05) is 0 Å². The fourth-order valence-electron chi connectivity index (χ4n) is 1.22. The minimum absolute atomic E-state index is 0.0441. The molecule has 0 aromatic rings. The van der Waals surface area contributed by atoms with Crippen molar-refractivity contribution in [2.24, 2.45) is 0 Å². The highest BCUT2D eigenvalue weighted by Gasteiger charge is 2.46. The Morgan fingerprint density at radius 2 is 1.70 bits per heavy atom. The lowest BCUT2D eigenvalue weighted by molar-refractivity contribution is -0.200. The van der Waals surface area contributed by atoms with E-state index in [0.29, 0.717) is 0 Å². The second kappa shape index (κ2) is 6.45. The highest BCUT2D eigenvalue weighted by Crippen LogP contribution is 2.44. The third kappa shape index (κ3) is 4.38. The number of rotatable bonds is 7. The number of hydrogen-bond donors (Lipinski definition) is 4. The molecule has 1 unspecified atom stereocenters. The summed E-state index contributed by atoms with van der Waals surface area (Å²) in [5.74, 6) is -3.67. The Labute approximate surface area is 115 Å². The third-order valence-corrected chi connectivity index (χ3v) is 3.98. The number of ketones is 1. The average Bonchev–Trinajstić information content (AvgIpc) is 2.31. The van der Waals surface area contributed by atoms with Crippen molar-refractivity contribution >= 4 is 25.3 Å². The first kappa shape index (κ1) is 18.7. The number of hydroxylamine groups is 2. The van der Waals surface area contributed by atoms with Crippen LogP contribution in [0.5, 0.6) is 0 Å². The molecule has 1 atom stereocenters. The Hall–Kier alpha value is -1.28. The van der Waals surface area contributed by atoms with Gasteiger partial charge in [0, 0.05) is 12.8 Å². The Balaban J connectivity index is 5.41. The monoisotopic (exact) mass is 311 g/mol. The maximum Gasteiger partial charge on any atom is 0.338 e. The van der Waals surface area contributed by atoms with Gasteiger partial charge in [-0.25, -0.2) is 9.86 Å². The molecule has 0 bridgehead atoms. The minimum Gasteiger partial charge on any atom is -0.479 e. The van der Waals surface area contributed by atoms with Crippen LogP contribution in [0.2, 0.25) is 0 Å². The molecule has 0 fully saturated rings. The topological polar surface area (TPSA) is 152 Å². The molecule has 9 nitrogen and oxygen atoms in total. The van der Waals surface area contributed by atoms with Gasteiger partial charge >= 0.3 is 13.6 Å². The van der Waals surface area contributed by atoms with Crippen molar-refractivity contribution in [3.05, 3.63) is 0 Å². The van der Waals surface area contributed by atoms with Crippen molar-refractivity contribution in [3.63, 3.8) is 0 Å². The van der Waals surface area contributed by atoms with Gasteiger partial charge in [0.25, 0.3) is 5.91 Å². The first-order chi connectivity index (χ1) is 8.85. The fourth-order valence-corrected chi connectivity index (χ4v) is 2.06. The van der Waals surface area contributed by atoms with Crippen LogP contribution in [0.3, 0.4) is 0 Å². The summed E-state index contributed by atoms with van der Waals surface area (Å²) < 4.78 is 11.3. The molecule has 0 saturated heterocycles. The summed E-state index contributed by atoms with van der Waals surface area (Å²) in [5.41, 5.74) is -4.18. The molecule has 0 aromatic carbocycles. The number of aliphatic carboxylic acids is 1. The second-order valence-electron chi connectivity index (χ2n) is 4.72. The van der Waals surface area contributed by atoms with E-state index in [4.69, 9.17) is 14.9 Å². The van der Waals surface area contributed by atoms with Crippen LogP contribution < -0.4 is 0 Å². The Morgan fingerprint density at radius 3 is 2.00 bits per heavy atom. The standard InChI is InChI=1S/C10H18NO8P/c1-4-6(12)5-7(20(17,18)19)8(13)11(16)10(2,3)9(14)15/h7,16H,4-5H2,1-3H3,(H,14,15)(H2,17,18,19). The number of amides is 1. The van der Waals surface area contributed by atoms with E-state index in [0.717, 1.165) is 13.8 Å². The van der Waals surface area contributed by atoms with Gasteiger partial charge in [0.1, 0.15) is 11.4 Å². The summed E-state index contributed by atoms with van der Waals surface area (Å²) in [7, 11) is -5.02. The van der Waals surface area contributed by atoms with Crippen LogP contribution in [0, 0.1) is 0 Å². The summed E-state index contributed by atoms with van der Waals surface area (Å²) in [5, 5.41) is 18.2. The maximum absolute atomic E-state index is 11.9. The largest absolute Gasteiger partial charge is 0.479 e. The van der Waals surface area contributed by atoms with Crippen LogP contribution >= 0.6 is 7.60 Å². The smallest absolute Gasteiger partial charge is 0.338 e. The fraction of sp³-hybridized carbons (Fsp3) is 0.700. The normalized spacial score (nSPS) is 13.7. The van der Waals surface area contributed by atoms with Gasteiger partial charge in [0.2, 0.25) is 0 Å². The Bertz CT molecular complexity index is 454. The van der Waals surface area contributed by atoms with Crippen molar-refractivity contribution in [1.82, 2.24) is 5.06 Å². The number of nitrogens with zero attached hydrogens (tertiary/aromatic N) is 1. The van der Waals surface area contributed by atoms with Crippen molar-refractivity contribution in [1.29, 1.82) is 0 Å². The molecule has 0 aliphatic heterocycles. The molecule has 0 spiro atoms. The lowest BCUT2D eigenvalue weighted by atomic mass is 10.0. The van der Waals surface area contributed by atoms with E-state index in [2.05, 4.69) is 0 Å². The molecule has 0 radical (unpaired) electrons. The SMILES string of the molecule is CCC(=O)CC(C(=O)N(O)C(C)(C)C(=O)O)P(=O)(O)O. The highest BCUT2D eigenvalue weighted by atomic mass is 31.2. The Kier molecular flexibility index (Phi) is 6.03. The maximum atomic E-state index is 11.9. The molecule has 0 aromatic heterocycles. The molecule has 1 amide bonds. The van der Waals surface area contributed by atoms with Gasteiger partial charge < -0.3 is 14.9 Å². The Morgan fingerprint density at radius 1 is 1.25 bits per heavy atom. The van der Waals surface area contributed by atoms with Gasteiger partial charge in [0.05, 0.1) is 0 Å². The van der Waals surface area contributed by atoms with E-state index in [1.807, 2.05) is 0 Å².